The molecule has 1 aromatic rings. The van der Waals surface area contributed by atoms with Crippen molar-refractivity contribution < 1.29 is 15.0 Å². The van der Waals surface area contributed by atoms with Gasteiger partial charge in [0.1, 0.15) is 5.75 Å². The highest BCUT2D eigenvalue weighted by Gasteiger charge is 2.38. The van der Waals surface area contributed by atoms with Crippen LogP contribution in [0.25, 0.3) is 0 Å². The summed E-state index contributed by atoms with van der Waals surface area (Å²) in [5.41, 5.74) is -0.198. The van der Waals surface area contributed by atoms with Gasteiger partial charge in [-0.2, -0.15) is 0 Å². The molecule has 0 aliphatic carbocycles. The molecule has 0 aromatic heterocycles. The van der Waals surface area contributed by atoms with E-state index in [4.69, 9.17) is 5.11 Å². The Morgan fingerprint density at radius 1 is 1.27 bits per heavy atom. The van der Waals surface area contributed by atoms with E-state index < -0.39 is 11.4 Å². The van der Waals surface area contributed by atoms with E-state index in [9.17, 15) is 9.90 Å². The van der Waals surface area contributed by atoms with Crippen molar-refractivity contribution in [2.24, 2.45) is 5.92 Å². The molecule has 0 aliphatic heterocycles. The number of aromatic hydroxyl groups is 1. The van der Waals surface area contributed by atoms with E-state index in [2.05, 4.69) is 0 Å². The van der Waals surface area contributed by atoms with Crippen LogP contribution in [0.15, 0.2) is 24.3 Å². The summed E-state index contributed by atoms with van der Waals surface area (Å²) in [4.78, 5) is 11.3. The lowest BCUT2D eigenvalue weighted by Crippen LogP contribution is -2.37. The number of hydrogen-bond donors (Lipinski definition) is 2. The van der Waals surface area contributed by atoms with E-state index in [0.717, 1.165) is 0 Å². The van der Waals surface area contributed by atoms with E-state index >= 15 is 0 Å². The molecule has 82 valence electrons. The van der Waals surface area contributed by atoms with Gasteiger partial charge in [0, 0.05) is 0 Å². The van der Waals surface area contributed by atoms with Crippen molar-refractivity contribution in [3.63, 3.8) is 0 Å². The molecule has 3 heteroatoms. The van der Waals surface area contributed by atoms with Crippen molar-refractivity contribution in [1.82, 2.24) is 0 Å². The average Bonchev–Trinajstić information content (AvgIpc) is 2.17. The van der Waals surface area contributed by atoms with E-state index in [-0.39, 0.29) is 11.7 Å². The van der Waals surface area contributed by atoms with Gasteiger partial charge in [0.15, 0.2) is 0 Å². The molecule has 1 rings (SSSR count). The second-order valence-electron chi connectivity index (χ2n) is 4.21. The van der Waals surface area contributed by atoms with Crippen LogP contribution in [-0.4, -0.2) is 16.2 Å². The molecule has 1 unspecified atom stereocenters. The van der Waals surface area contributed by atoms with Crippen LogP contribution in [0.1, 0.15) is 26.3 Å². The fourth-order valence-electron chi connectivity index (χ4n) is 1.51. The molecule has 0 bridgehead atoms. The second-order valence-corrected chi connectivity index (χ2v) is 4.21. The first-order valence-corrected chi connectivity index (χ1v) is 4.92. The predicted molar refractivity (Wildman–Crippen MR) is 57.9 cm³/mol. The molecular weight excluding hydrogens is 192 g/mol. The number of carbonyl (C=O) groups is 1. The van der Waals surface area contributed by atoms with E-state index in [1.54, 1.807) is 19.1 Å². The van der Waals surface area contributed by atoms with Crippen molar-refractivity contribution in [1.29, 1.82) is 0 Å². The van der Waals surface area contributed by atoms with Gasteiger partial charge in [-0.25, -0.2) is 0 Å². The zero-order valence-corrected chi connectivity index (χ0v) is 9.19. The van der Waals surface area contributed by atoms with Crippen LogP contribution >= 0.6 is 0 Å². The fourth-order valence-corrected chi connectivity index (χ4v) is 1.51. The molecule has 0 saturated carbocycles. The van der Waals surface area contributed by atoms with E-state index in [1.807, 2.05) is 13.8 Å². The molecule has 0 heterocycles. The number of benzene rings is 1. The standard InChI is InChI=1S/C12H16O3/c1-8(2)12(3,11(14)15)9-4-6-10(13)7-5-9/h4-8,13H,1-3H3,(H,14,15). The Labute approximate surface area is 89.4 Å². The average molecular weight is 208 g/mol. The van der Waals surface area contributed by atoms with Gasteiger partial charge in [-0.3, -0.25) is 4.79 Å². The third-order valence-electron chi connectivity index (χ3n) is 3.07. The summed E-state index contributed by atoms with van der Waals surface area (Å²) in [5, 5.41) is 18.4. The summed E-state index contributed by atoms with van der Waals surface area (Å²) in [6.45, 7) is 5.45. The number of hydrogen-bond acceptors (Lipinski definition) is 2. The van der Waals surface area contributed by atoms with Crippen LogP contribution in [0.2, 0.25) is 0 Å². The lowest BCUT2D eigenvalue weighted by Gasteiger charge is -2.29. The molecule has 0 aliphatic rings. The fraction of sp³-hybridized carbons (Fsp3) is 0.417. The largest absolute Gasteiger partial charge is 0.508 e. The molecule has 3 nitrogen and oxygen atoms in total. The third kappa shape index (κ3) is 1.96. The summed E-state index contributed by atoms with van der Waals surface area (Å²) >= 11 is 0. The first-order valence-electron chi connectivity index (χ1n) is 4.92. The minimum Gasteiger partial charge on any atom is -0.508 e. The zero-order valence-electron chi connectivity index (χ0n) is 9.19. The van der Waals surface area contributed by atoms with Gasteiger partial charge < -0.3 is 10.2 Å². The Bertz CT molecular complexity index is 354. The first-order chi connectivity index (χ1) is 6.89. The van der Waals surface area contributed by atoms with Gasteiger partial charge in [-0.1, -0.05) is 26.0 Å². The molecule has 1 aromatic carbocycles. The van der Waals surface area contributed by atoms with Crippen molar-refractivity contribution in [3.8, 4) is 5.75 Å². The highest BCUT2D eigenvalue weighted by atomic mass is 16.4. The van der Waals surface area contributed by atoms with Crippen LogP contribution in [0.5, 0.6) is 5.75 Å². The van der Waals surface area contributed by atoms with Gasteiger partial charge in [0.25, 0.3) is 0 Å². The van der Waals surface area contributed by atoms with E-state index in [1.165, 1.54) is 12.1 Å². The first kappa shape index (κ1) is 11.6. The maximum absolute atomic E-state index is 11.3. The quantitative estimate of drug-likeness (QED) is 0.801. The molecule has 1 atom stereocenters. The van der Waals surface area contributed by atoms with Crippen LogP contribution < -0.4 is 0 Å². The molecule has 0 fully saturated rings. The van der Waals surface area contributed by atoms with Crippen LogP contribution in [0.3, 0.4) is 0 Å². The monoisotopic (exact) mass is 208 g/mol. The Morgan fingerprint density at radius 3 is 2.07 bits per heavy atom. The van der Waals surface area contributed by atoms with Crippen molar-refractivity contribution in [2.45, 2.75) is 26.2 Å². The number of carboxylic acids is 1. The predicted octanol–water partition coefficient (Wildman–Crippen LogP) is 2.39. The molecular formula is C12H16O3. The van der Waals surface area contributed by atoms with Crippen LogP contribution in [0.4, 0.5) is 0 Å². The van der Waals surface area contributed by atoms with Gasteiger partial charge in [0.05, 0.1) is 5.41 Å². The SMILES string of the molecule is CC(C)C(C)(C(=O)O)c1ccc(O)cc1. The summed E-state index contributed by atoms with van der Waals surface area (Å²) in [6.07, 6.45) is 0. The lowest BCUT2D eigenvalue weighted by atomic mass is 9.73. The van der Waals surface area contributed by atoms with Gasteiger partial charge in [-0.05, 0) is 30.5 Å². The maximum Gasteiger partial charge on any atom is 0.314 e. The molecule has 0 radical (unpaired) electrons. The molecule has 15 heavy (non-hydrogen) atoms. The Balaban J connectivity index is 3.22. The Morgan fingerprint density at radius 2 is 1.73 bits per heavy atom. The van der Waals surface area contributed by atoms with Gasteiger partial charge in [0.2, 0.25) is 0 Å². The van der Waals surface area contributed by atoms with Crippen LogP contribution in [-0.2, 0) is 10.2 Å². The molecule has 0 spiro atoms. The van der Waals surface area contributed by atoms with Crippen LogP contribution in [0, 0.1) is 5.92 Å². The number of carboxylic acid groups (broad SMARTS) is 1. The highest BCUT2D eigenvalue weighted by Crippen LogP contribution is 2.33. The summed E-state index contributed by atoms with van der Waals surface area (Å²) < 4.78 is 0. The highest BCUT2D eigenvalue weighted by molar-refractivity contribution is 5.81. The summed E-state index contributed by atoms with van der Waals surface area (Å²) in [5.74, 6) is -0.710. The molecule has 0 amide bonds. The Kier molecular flexibility index (Phi) is 3.03. The van der Waals surface area contributed by atoms with Crippen molar-refractivity contribution >= 4 is 5.97 Å². The number of aliphatic carboxylic acids is 1. The molecule has 2 N–H and O–H groups in total. The smallest absolute Gasteiger partial charge is 0.314 e. The van der Waals surface area contributed by atoms with Gasteiger partial charge >= 0.3 is 5.97 Å². The summed E-state index contributed by atoms with van der Waals surface area (Å²) in [7, 11) is 0. The maximum atomic E-state index is 11.3. The minimum absolute atomic E-state index is 0.0143. The lowest BCUT2D eigenvalue weighted by molar-refractivity contribution is -0.145. The van der Waals surface area contributed by atoms with Crippen molar-refractivity contribution in [2.75, 3.05) is 0 Å². The topological polar surface area (TPSA) is 57.5 Å². The summed E-state index contributed by atoms with van der Waals surface area (Å²) in [6, 6.07) is 6.34. The second kappa shape index (κ2) is 3.93. The minimum atomic E-state index is -0.909. The number of rotatable bonds is 3. The molecule has 0 saturated heterocycles. The van der Waals surface area contributed by atoms with Crippen molar-refractivity contribution in [3.05, 3.63) is 29.8 Å². The van der Waals surface area contributed by atoms with E-state index in [0.29, 0.717) is 5.56 Å². The zero-order chi connectivity index (χ0) is 11.6. The normalized spacial score (nSPS) is 14.9. The number of phenolic OH excluding ortho intramolecular Hbond substituents is 1. The Hall–Kier alpha value is -1.51. The van der Waals surface area contributed by atoms with Gasteiger partial charge in [-0.15, -0.1) is 0 Å². The number of phenols is 1. The third-order valence-corrected chi connectivity index (χ3v) is 3.07.